The van der Waals surface area contributed by atoms with E-state index >= 15 is 0 Å². The van der Waals surface area contributed by atoms with Gasteiger partial charge in [-0.2, -0.15) is 0 Å². The van der Waals surface area contributed by atoms with Crippen LogP contribution >= 0.6 is 0 Å². The number of hydrogen-bond donors (Lipinski definition) is 1. The van der Waals surface area contributed by atoms with Crippen molar-refractivity contribution in [3.63, 3.8) is 0 Å². The van der Waals surface area contributed by atoms with Crippen molar-refractivity contribution in [1.82, 2.24) is 10.2 Å². The molecule has 0 aromatic rings. The number of hydrogen-bond acceptors (Lipinski definition) is 2. The van der Waals surface area contributed by atoms with Gasteiger partial charge in [0.2, 0.25) is 11.8 Å². The zero-order valence-electron chi connectivity index (χ0n) is 11.1. The second-order valence-corrected chi connectivity index (χ2v) is 5.20. The maximum absolute atomic E-state index is 12.3. The van der Waals surface area contributed by atoms with Gasteiger partial charge in [-0.3, -0.25) is 9.59 Å². The van der Waals surface area contributed by atoms with Gasteiger partial charge in [-0.1, -0.05) is 33.8 Å². The van der Waals surface area contributed by atoms with Gasteiger partial charge < -0.3 is 10.2 Å². The fourth-order valence-corrected chi connectivity index (χ4v) is 2.21. The summed E-state index contributed by atoms with van der Waals surface area (Å²) in [5, 5.41) is 2.82. The van der Waals surface area contributed by atoms with Gasteiger partial charge in [0.15, 0.2) is 0 Å². The molecule has 0 aliphatic carbocycles. The first-order valence-electron chi connectivity index (χ1n) is 6.11. The normalized spacial score (nSPS) is 25.4. The van der Waals surface area contributed by atoms with Gasteiger partial charge >= 0.3 is 0 Å². The lowest BCUT2D eigenvalue weighted by molar-refractivity contribution is -0.151. The van der Waals surface area contributed by atoms with E-state index in [0.29, 0.717) is 6.54 Å². The molecule has 0 spiro atoms. The lowest BCUT2D eigenvalue weighted by Crippen LogP contribution is -2.66. The molecule has 0 saturated carbocycles. The Morgan fingerprint density at radius 3 is 2.29 bits per heavy atom. The molecule has 1 fully saturated rings. The van der Waals surface area contributed by atoms with Crippen LogP contribution < -0.4 is 5.32 Å². The number of nitrogens with one attached hydrogen (secondary N) is 1. The molecule has 0 aromatic heterocycles. The third-order valence-corrected chi connectivity index (χ3v) is 3.08. The van der Waals surface area contributed by atoms with E-state index in [0.717, 1.165) is 0 Å². The molecule has 1 aliphatic rings. The predicted octanol–water partition coefficient (Wildman–Crippen LogP) is 1.18. The lowest BCUT2D eigenvalue weighted by atomic mass is 9.93. The summed E-state index contributed by atoms with van der Waals surface area (Å²) in [5.74, 6) is 0.150. The SMILES string of the molecule is C=CCN1C(=O)C(C(C)C)NC(=O)C1C(C)C. The Labute approximate surface area is 103 Å². The zero-order valence-corrected chi connectivity index (χ0v) is 11.1. The summed E-state index contributed by atoms with van der Waals surface area (Å²) in [6, 6.07) is -0.784. The maximum atomic E-state index is 12.3. The van der Waals surface area contributed by atoms with E-state index < -0.39 is 6.04 Å². The molecule has 0 bridgehead atoms. The van der Waals surface area contributed by atoms with Crippen LogP contribution in [0.4, 0.5) is 0 Å². The predicted molar refractivity (Wildman–Crippen MR) is 67.3 cm³/mol. The zero-order chi connectivity index (χ0) is 13.2. The van der Waals surface area contributed by atoms with Gasteiger partial charge in [-0.15, -0.1) is 6.58 Å². The molecule has 2 amide bonds. The molecule has 17 heavy (non-hydrogen) atoms. The van der Waals surface area contributed by atoms with E-state index in [1.807, 2.05) is 27.7 Å². The molecule has 4 nitrogen and oxygen atoms in total. The third kappa shape index (κ3) is 2.68. The Bertz CT molecular complexity index is 323. The molecular formula is C13H22N2O2. The molecule has 4 heteroatoms. The van der Waals surface area contributed by atoms with Gasteiger partial charge in [-0.05, 0) is 11.8 Å². The van der Waals surface area contributed by atoms with Crippen molar-refractivity contribution in [1.29, 1.82) is 0 Å². The Morgan fingerprint density at radius 2 is 1.88 bits per heavy atom. The molecule has 1 saturated heterocycles. The molecule has 2 atom stereocenters. The number of carbonyl (C=O) groups excluding carboxylic acids is 2. The lowest BCUT2D eigenvalue weighted by Gasteiger charge is -2.41. The van der Waals surface area contributed by atoms with E-state index in [4.69, 9.17) is 0 Å². The molecule has 0 aromatic carbocycles. The van der Waals surface area contributed by atoms with Crippen molar-refractivity contribution >= 4 is 11.8 Å². The second-order valence-electron chi connectivity index (χ2n) is 5.20. The standard InChI is InChI=1S/C13H22N2O2/c1-6-7-15-11(9(4)5)12(16)14-10(8(2)3)13(15)17/h6,8-11H,1,7H2,2-5H3,(H,14,16). The number of nitrogens with zero attached hydrogens (tertiary/aromatic N) is 1. The quantitative estimate of drug-likeness (QED) is 0.748. The van der Waals surface area contributed by atoms with Crippen LogP contribution in [0.25, 0.3) is 0 Å². The molecule has 2 unspecified atom stereocenters. The maximum Gasteiger partial charge on any atom is 0.246 e. The van der Waals surface area contributed by atoms with E-state index in [1.165, 1.54) is 0 Å². The summed E-state index contributed by atoms with van der Waals surface area (Å²) in [6.07, 6.45) is 1.67. The van der Waals surface area contributed by atoms with Gasteiger partial charge in [0, 0.05) is 6.54 Å². The summed E-state index contributed by atoms with van der Waals surface area (Å²) in [6.45, 7) is 11.8. The number of rotatable bonds is 4. The molecular weight excluding hydrogens is 216 g/mol. The topological polar surface area (TPSA) is 49.4 Å². The average Bonchev–Trinajstić information content (AvgIpc) is 2.22. The monoisotopic (exact) mass is 238 g/mol. The fraction of sp³-hybridized carbons (Fsp3) is 0.692. The highest BCUT2D eigenvalue weighted by Crippen LogP contribution is 2.20. The van der Waals surface area contributed by atoms with Crippen molar-refractivity contribution in [2.75, 3.05) is 6.54 Å². The van der Waals surface area contributed by atoms with Crippen LogP contribution in [0.5, 0.6) is 0 Å². The molecule has 96 valence electrons. The van der Waals surface area contributed by atoms with Crippen LogP contribution in [0, 0.1) is 11.8 Å². The van der Waals surface area contributed by atoms with Gasteiger partial charge in [-0.25, -0.2) is 0 Å². The van der Waals surface area contributed by atoms with Gasteiger partial charge in [0.05, 0.1) is 0 Å². The highest BCUT2D eigenvalue weighted by Gasteiger charge is 2.42. The highest BCUT2D eigenvalue weighted by atomic mass is 16.2. The van der Waals surface area contributed by atoms with Gasteiger partial charge in [0.1, 0.15) is 12.1 Å². The van der Waals surface area contributed by atoms with Crippen molar-refractivity contribution in [3.8, 4) is 0 Å². The Balaban J connectivity index is 3.01. The minimum Gasteiger partial charge on any atom is -0.342 e. The van der Waals surface area contributed by atoms with Crippen molar-refractivity contribution in [2.24, 2.45) is 11.8 Å². The van der Waals surface area contributed by atoms with Crippen molar-refractivity contribution < 1.29 is 9.59 Å². The third-order valence-electron chi connectivity index (χ3n) is 3.08. The second kappa shape index (κ2) is 5.34. The molecule has 1 heterocycles. The highest BCUT2D eigenvalue weighted by molar-refractivity contribution is 5.97. The van der Waals surface area contributed by atoms with Gasteiger partial charge in [0.25, 0.3) is 0 Å². The number of amides is 2. The molecule has 1 aliphatic heterocycles. The van der Waals surface area contributed by atoms with Crippen molar-refractivity contribution in [2.45, 2.75) is 39.8 Å². The Kier molecular flexibility index (Phi) is 4.32. The van der Waals surface area contributed by atoms with Crippen LogP contribution in [0.2, 0.25) is 0 Å². The smallest absolute Gasteiger partial charge is 0.246 e. The minimum atomic E-state index is -0.405. The summed E-state index contributed by atoms with van der Waals surface area (Å²) >= 11 is 0. The van der Waals surface area contributed by atoms with Crippen LogP contribution in [-0.2, 0) is 9.59 Å². The molecule has 1 N–H and O–H groups in total. The Hall–Kier alpha value is -1.32. The van der Waals surface area contributed by atoms with Crippen LogP contribution in [0.1, 0.15) is 27.7 Å². The largest absolute Gasteiger partial charge is 0.342 e. The van der Waals surface area contributed by atoms with E-state index in [2.05, 4.69) is 11.9 Å². The first-order valence-corrected chi connectivity index (χ1v) is 6.11. The van der Waals surface area contributed by atoms with E-state index in [9.17, 15) is 9.59 Å². The van der Waals surface area contributed by atoms with Crippen LogP contribution in [0.15, 0.2) is 12.7 Å². The first-order chi connectivity index (χ1) is 7.90. The number of piperazine rings is 1. The average molecular weight is 238 g/mol. The molecule has 1 rings (SSSR count). The first kappa shape index (κ1) is 13.7. The van der Waals surface area contributed by atoms with Crippen LogP contribution in [-0.4, -0.2) is 35.3 Å². The van der Waals surface area contributed by atoms with E-state index in [-0.39, 0.29) is 29.7 Å². The summed E-state index contributed by atoms with van der Waals surface area (Å²) < 4.78 is 0. The fourth-order valence-electron chi connectivity index (χ4n) is 2.21. The Morgan fingerprint density at radius 1 is 1.29 bits per heavy atom. The minimum absolute atomic E-state index is 0.00167. The summed E-state index contributed by atoms with van der Waals surface area (Å²) in [7, 11) is 0. The molecule has 0 radical (unpaired) electrons. The van der Waals surface area contributed by atoms with Crippen LogP contribution in [0.3, 0.4) is 0 Å². The summed E-state index contributed by atoms with van der Waals surface area (Å²) in [4.78, 5) is 26.0. The van der Waals surface area contributed by atoms with Crippen molar-refractivity contribution in [3.05, 3.63) is 12.7 Å². The number of carbonyl (C=O) groups is 2. The summed E-state index contributed by atoms with van der Waals surface area (Å²) in [5.41, 5.74) is 0. The van der Waals surface area contributed by atoms with E-state index in [1.54, 1.807) is 11.0 Å².